The minimum Gasteiger partial charge on any atom is -0.340 e. The van der Waals surface area contributed by atoms with Gasteiger partial charge in [0.15, 0.2) is 0 Å². The Bertz CT molecular complexity index is 690. The molecule has 1 saturated heterocycles. The molecule has 0 radical (unpaired) electrons. The number of rotatable bonds is 3. The zero-order valence-electron chi connectivity index (χ0n) is 13.4. The summed E-state index contributed by atoms with van der Waals surface area (Å²) >= 11 is 1.52. The first-order valence-electron chi connectivity index (χ1n) is 7.71. The highest BCUT2D eigenvalue weighted by atomic mass is 32.1. The van der Waals surface area contributed by atoms with Crippen LogP contribution in [0.2, 0.25) is 0 Å². The van der Waals surface area contributed by atoms with E-state index in [-0.39, 0.29) is 11.7 Å². The third-order valence-corrected chi connectivity index (χ3v) is 5.36. The van der Waals surface area contributed by atoms with Gasteiger partial charge in [0, 0.05) is 36.6 Å². The lowest BCUT2D eigenvalue weighted by atomic mass is 10.2. The van der Waals surface area contributed by atoms with Gasteiger partial charge in [-0.05, 0) is 38.2 Å². The number of halogens is 1. The second-order valence-corrected chi connectivity index (χ2v) is 6.98. The summed E-state index contributed by atoms with van der Waals surface area (Å²) in [5, 5.41) is 0.837. The van der Waals surface area contributed by atoms with Crippen molar-refractivity contribution in [1.29, 1.82) is 0 Å². The van der Waals surface area contributed by atoms with Crippen LogP contribution in [0.15, 0.2) is 24.3 Å². The van der Waals surface area contributed by atoms with Gasteiger partial charge in [-0.25, -0.2) is 9.37 Å². The Morgan fingerprint density at radius 1 is 1.22 bits per heavy atom. The third-order valence-electron chi connectivity index (χ3n) is 4.15. The molecule has 3 rings (SSSR count). The third kappa shape index (κ3) is 3.76. The molecule has 4 nitrogen and oxygen atoms in total. The molecule has 1 aromatic carbocycles. The molecule has 2 heterocycles. The van der Waals surface area contributed by atoms with Crippen molar-refractivity contribution in [3.63, 3.8) is 0 Å². The summed E-state index contributed by atoms with van der Waals surface area (Å²) in [6, 6.07) is 6.31. The smallest absolute Gasteiger partial charge is 0.227 e. The van der Waals surface area contributed by atoms with E-state index in [0.717, 1.165) is 47.3 Å². The number of carbonyl (C=O) groups excluding carboxylic acids is 1. The van der Waals surface area contributed by atoms with Gasteiger partial charge < -0.3 is 9.80 Å². The molecule has 0 atom stereocenters. The van der Waals surface area contributed by atoms with Gasteiger partial charge in [0.1, 0.15) is 10.8 Å². The SMILES string of the molecule is Cc1nc(-c2ccc(F)cc2)sc1CC(=O)N1CCN(C)CC1. The summed E-state index contributed by atoms with van der Waals surface area (Å²) in [6.45, 7) is 5.36. The van der Waals surface area contributed by atoms with Crippen molar-refractivity contribution in [2.75, 3.05) is 33.2 Å². The summed E-state index contributed by atoms with van der Waals surface area (Å²) in [4.78, 5) is 22.1. The summed E-state index contributed by atoms with van der Waals surface area (Å²) in [7, 11) is 2.07. The van der Waals surface area contributed by atoms with E-state index >= 15 is 0 Å². The Balaban J connectivity index is 1.71. The van der Waals surface area contributed by atoms with E-state index in [9.17, 15) is 9.18 Å². The van der Waals surface area contributed by atoms with E-state index in [1.807, 2.05) is 11.8 Å². The highest BCUT2D eigenvalue weighted by molar-refractivity contribution is 7.15. The Morgan fingerprint density at radius 2 is 1.87 bits per heavy atom. The van der Waals surface area contributed by atoms with Crippen LogP contribution in [0.5, 0.6) is 0 Å². The predicted molar refractivity (Wildman–Crippen MR) is 90.0 cm³/mol. The Kier molecular flexibility index (Phi) is 4.73. The van der Waals surface area contributed by atoms with Crippen LogP contribution in [-0.2, 0) is 11.2 Å². The van der Waals surface area contributed by atoms with Crippen molar-refractivity contribution >= 4 is 17.2 Å². The minimum atomic E-state index is -0.257. The average Bonchev–Trinajstić information content (AvgIpc) is 2.89. The minimum absolute atomic E-state index is 0.163. The molecule has 0 bridgehead atoms. The first-order chi connectivity index (χ1) is 11.0. The van der Waals surface area contributed by atoms with Gasteiger partial charge in [0.25, 0.3) is 0 Å². The first kappa shape index (κ1) is 16.1. The zero-order valence-corrected chi connectivity index (χ0v) is 14.2. The number of nitrogens with zero attached hydrogens (tertiary/aromatic N) is 3. The molecule has 1 fully saturated rings. The van der Waals surface area contributed by atoms with Crippen LogP contribution in [0.3, 0.4) is 0 Å². The number of aryl methyl sites for hydroxylation is 1. The number of benzene rings is 1. The number of thiazole rings is 1. The van der Waals surface area contributed by atoms with E-state index in [2.05, 4.69) is 16.9 Å². The van der Waals surface area contributed by atoms with Crippen LogP contribution in [0.1, 0.15) is 10.6 Å². The van der Waals surface area contributed by atoms with Crippen molar-refractivity contribution in [2.24, 2.45) is 0 Å². The molecular formula is C17H20FN3OS. The summed E-state index contributed by atoms with van der Waals surface area (Å²) in [5.74, 6) is -0.0944. The highest BCUT2D eigenvalue weighted by Gasteiger charge is 2.21. The van der Waals surface area contributed by atoms with Crippen LogP contribution in [0.4, 0.5) is 4.39 Å². The lowest BCUT2D eigenvalue weighted by molar-refractivity contribution is -0.131. The standard InChI is InChI=1S/C17H20FN3OS/c1-12-15(11-16(22)21-9-7-20(2)8-10-21)23-17(19-12)13-3-5-14(18)6-4-13/h3-6H,7-11H2,1-2H3. The number of hydrogen-bond donors (Lipinski definition) is 0. The number of aromatic nitrogens is 1. The van der Waals surface area contributed by atoms with Crippen LogP contribution in [-0.4, -0.2) is 53.9 Å². The molecule has 0 unspecified atom stereocenters. The van der Waals surface area contributed by atoms with E-state index in [0.29, 0.717) is 6.42 Å². The number of likely N-dealkylation sites (N-methyl/N-ethyl adjacent to an activating group) is 1. The number of hydrogen-bond acceptors (Lipinski definition) is 4. The molecule has 1 aromatic heterocycles. The molecule has 1 aliphatic rings. The lowest BCUT2D eigenvalue weighted by Gasteiger charge is -2.32. The van der Waals surface area contributed by atoms with Crippen molar-refractivity contribution < 1.29 is 9.18 Å². The van der Waals surface area contributed by atoms with E-state index < -0.39 is 0 Å². The Labute approximate surface area is 139 Å². The molecule has 1 amide bonds. The van der Waals surface area contributed by atoms with Crippen LogP contribution in [0, 0.1) is 12.7 Å². The molecule has 1 aliphatic heterocycles. The van der Waals surface area contributed by atoms with Crippen molar-refractivity contribution in [2.45, 2.75) is 13.3 Å². The van der Waals surface area contributed by atoms with Gasteiger partial charge in [0.2, 0.25) is 5.91 Å². The maximum Gasteiger partial charge on any atom is 0.227 e. The lowest BCUT2D eigenvalue weighted by Crippen LogP contribution is -2.47. The topological polar surface area (TPSA) is 36.4 Å². The molecular weight excluding hydrogens is 313 g/mol. The highest BCUT2D eigenvalue weighted by Crippen LogP contribution is 2.28. The first-order valence-corrected chi connectivity index (χ1v) is 8.53. The van der Waals surface area contributed by atoms with E-state index in [1.165, 1.54) is 23.5 Å². The largest absolute Gasteiger partial charge is 0.340 e. The van der Waals surface area contributed by atoms with E-state index in [1.54, 1.807) is 12.1 Å². The quantitative estimate of drug-likeness (QED) is 0.866. The van der Waals surface area contributed by atoms with Gasteiger partial charge >= 0.3 is 0 Å². The van der Waals surface area contributed by atoms with Gasteiger partial charge in [-0.2, -0.15) is 0 Å². The molecule has 0 spiro atoms. The fourth-order valence-electron chi connectivity index (χ4n) is 2.61. The Morgan fingerprint density at radius 3 is 2.52 bits per heavy atom. The maximum atomic E-state index is 13.0. The van der Waals surface area contributed by atoms with Crippen LogP contribution < -0.4 is 0 Å². The fourth-order valence-corrected chi connectivity index (χ4v) is 3.67. The normalized spacial score (nSPS) is 15.9. The fraction of sp³-hybridized carbons (Fsp3) is 0.412. The van der Waals surface area contributed by atoms with Gasteiger partial charge in [-0.1, -0.05) is 0 Å². The second kappa shape index (κ2) is 6.76. The van der Waals surface area contributed by atoms with Gasteiger partial charge in [-0.15, -0.1) is 11.3 Å². The Hall–Kier alpha value is -1.79. The summed E-state index contributed by atoms with van der Waals surface area (Å²) in [6.07, 6.45) is 0.397. The number of carbonyl (C=O) groups is 1. The number of piperazine rings is 1. The molecule has 0 saturated carbocycles. The van der Waals surface area contributed by atoms with Crippen LogP contribution in [0.25, 0.3) is 10.6 Å². The number of amides is 1. The molecule has 6 heteroatoms. The zero-order chi connectivity index (χ0) is 16.4. The summed E-state index contributed by atoms with van der Waals surface area (Å²) in [5.41, 5.74) is 1.77. The van der Waals surface area contributed by atoms with Gasteiger partial charge in [-0.3, -0.25) is 4.79 Å². The molecule has 0 aliphatic carbocycles. The van der Waals surface area contributed by atoms with Crippen molar-refractivity contribution in [3.05, 3.63) is 40.7 Å². The van der Waals surface area contributed by atoms with Crippen molar-refractivity contribution in [3.8, 4) is 10.6 Å². The monoisotopic (exact) mass is 333 g/mol. The van der Waals surface area contributed by atoms with Gasteiger partial charge in [0.05, 0.1) is 12.1 Å². The maximum absolute atomic E-state index is 13.0. The van der Waals surface area contributed by atoms with Crippen LogP contribution >= 0.6 is 11.3 Å². The molecule has 2 aromatic rings. The van der Waals surface area contributed by atoms with Crippen molar-refractivity contribution in [1.82, 2.24) is 14.8 Å². The second-order valence-electron chi connectivity index (χ2n) is 5.90. The predicted octanol–water partition coefficient (Wildman–Crippen LogP) is 2.57. The average molecular weight is 333 g/mol. The van der Waals surface area contributed by atoms with E-state index in [4.69, 9.17) is 0 Å². The molecule has 23 heavy (non-hydrogen) atoms. The summed E-state index contributed by atoms with van der Waals surface area (Å²) < 4.78 is 13.0. The molecule has 122 valence electrons. The molecule has 0 N–H and O–H groups in total.